The van der Waals surface area contributed by atoms with Crippen LogP contribution in [0, 0.1) is 12.8 Å². The number of rotatable bonds is 3. The molecule has 4 rings (SSSR count). The lowest BCUT2D eigenvalue weighted by Crippen LogP contribution is -2.49. The van der Waals surface area contributed by atoms with E-state index < -0.39 is 0 Å². The molecule has 2 aliphatic rings. The maximum Gasteiger partial charge on any atom is 0.241 e. The molecule has 2 aliphatic heterocycles. The molecule has 0 aromatic heterocycles. The summed E-state index contributed by atoms with van der Waals surface area (Å²) in [6.45, 7) is 2.59. The highest BCUT2D eigenvalue weighted by Crippen LogP contribution is 2.33. The Morgan fingerprint density at radius 1 is 1.23 bits per heavy atom. The number of amidine groups is 1. The minimum Gasteiger partial charge on any atom is -0.274 e. The Kier molecular flexibility index (Phi) is 5.00. The first-order valence-corrected chi connectivity index (χ1v) is 9.83. The van der Waals surface area contributed by atoms with Gasteiger partial charge in [0, 0.05) is 17.3 Å². The second kappa shape index (κ2) is 7.40. The smallest absolute Gasteiger partial charge is 0.241 e. The number of nitrogens with zero attached hydrogens (tertiary/aromatic N) is 2. The van der Waals surface area contributed by atoms with Gasteiger partial charge in [0.25, 0.3) is 0 Å². The van der Waals surface area contributed by atoms with Crippen LogP contribution in [-0.2, 0) is 10.5 Å². The van der Waals surface area contributed by atoms with E-state index in [1.807, 2.05) is 55.5 Å². The lowest BCUT2D eigenvalue weighted by Gasteiger charge is -2.33. The number of hydrazine groups is 1. The minimum atomic E-state index is -0.225. The van der Waals surface area contributed by atoms with Crippen LogP contribution < -0.4 is 15.8 Å². The van der Waals surface area contributed by atoms with Gasteiger partial charge in [0.05, 0.1) is 11.6 Å². The molecule has 2 unspecified atom stereocenters. The van der Waals surface area contributed by atoms with Gasteiger partial charge in [0.15, 0.2) is 5.17 Å². The van der Waals surface area contributed by atoms with Crippen LogP contribution >= 0.6 is 23.4 Å². The molecular weight excluding hydrogens is 368 g/mol. The van der Waals surface area contributed by atoms with Crippen LogP contribution in [-0.4, -0.2) is 23.8 Å². The van der Waals surface area contributed by atoms with E-state index in [-0.39, 0.29) is 18.0 Å². The standard InChI is InChI=1S/C19H19ClN4OS/c1-12-6-2-5-9-16(12)24-18(25)14-10-21-23-17(14)22-19(24)26-11-13-7-3-4-8-15(13)20/h2-9,14,17,21,23H,10-11H2,1H3. The summed E-state index contributed by atoms with van der Waals surface area (Å²) >= 11 is 7.81. The molecular formula is C19H19ClN4OS. The van der Waals surface area contributed by atoms with Crippen molar-refractivity contribution in [1.82, 2.24) is 10.9 Å². The Labute approximate surface area is 161 Å². The number of thioether (sulfide) groups is 1. The number of hydrogen-bond acceptors (Lipinski definition) is 5. The summed E-state index contributed by atoms with van der Waals surface area (Å²) in [5.74, 6) is 0.525. The summed E-state index contributed by atoms with van der Waals surface area (Å²) in [6.07, 6.45) is -0.225. The van der Waals surface area contributed by atoms with Crippen molar-refractivity contribution in [3.8, 4) is 0 Å². The summed E-state index contributed by atoms with van der Waals surface area (Å²) in [4.78, 5) is 19.7. The minimum absolute atomic E-state index is 0.0680. The summed E-state index contributed by atoms with van der Waals surface area (Å²) in [7, 11) is 0. The Morgan fingerprint density at radius 3 is 2.81 bits per heavy atom. The maximum atomic E-state index is 13.2. The number of amides is 1. The SMILES string of the molecule is Cc1ccccc1N1C(=O)C2CNNC2N=C1SCc1ccccc1Cl. The first-order chi connectivity index (χ1) is 12.6. The fourth-order valence-electron chi connectivity index (χ4n) is 3.16. The topological polar surface area (TPSA) is 56.7 Å². The van der Waals surface area contributed by atoms with Gasteiger partial charge in [-0.15, -0.1) is 0 Å². The summed E-state index contributed by atoms with van der Waals surface area (Å²) in [6, 6.07) is 15.7. The molecule has 26 heavy (non-hydrogen) atoms. The van der Waals surface area contributed by atoms with Gasteiger partial charge in [-0.25, -0.2) is 10.4 Å². The lowest BCUT2D eigenvalue weighted by atomic mass is 10.0. The quantitative estimate of drug-likeness (QED) is 0.849. The molecule has 2 heterocycles. The number of para-hydroxylation sites is 1. The van der Waals surface area contributed by atoms with Gasteiger partial charge < -0.3 is 0 Å². The van der Waals surface area contributed by atoms with Crippen LogP contribution in [0.2, 0.25) is 5.02 Å². The molecule has 5 nitrogen and oxygen atoms in total. The van der Waals surface area contributed by atoms with Crippen LogP contribution in [0.3, 0.4) is 0 Å². The van der Waals surface area contributed by atoms with Crippen molar-refractivity contribution >= 4 is 40.1 Å². The van der Waals surface area contributed by atoms with E-state index in [1.54, 1.807) is 4.90 Å². The molecule has 2 N–H and O–H groups in total. The molecule has 1 fully saturated rings. The Hall–Kier alpha value is -1.86. The third-order valence-corrected chi connectivity index (χ3v) is 5.97. The van der Waals surface area contributed by atoms with Gasteiger partial charge in [-0.2, -0.15) is 0 Å². The van der Waals surface area contributed by atoms with Crippen LogP contribution in [0.1, 0.15) is 11.1 Å². The number of anilines is 1. The highest BCUT2D eigenvalue weighted by atomic mass is 35.5. The van der Waals surface area contributed by atoms with Crippen LogP contribution in [0.4, 0.5) is 5.69 Å². The second-order valence-electron chi connectivity index (χ2n) is 6.33. The number of carbonyl (C=O) groups is 1. The highest BCUT2D eigenvalue weighted by Gasteiger charge is 2.42. The zero-order chi connectivity index (χ0) is 18.1. The van der Waals surface area contributed by atoms with Crippen molar-refractivity contribution in [2.24, 2.45) is 10.9 Å². The molecule has 134 valence electrons. The Balaban J connectivity index is 1.67. The molecule has 0 aliphatic carbocycles. The van der Waals surface area contributed by atoms with E-state index in [9.17, 15) is 4.79 Å². The number of fused-ring (bicyclic) bond motifs is 1. The number of aliphatic imine (C=N–C) groups is 1. The lowest BCUT2D eigenvalue weighted by molar-refractivity contribution is -0.121. The molecule has 0 radical (unpaired) electrons. The van der Waals surface area contributed by atoms with E-state index >= 15 is 0 Å². The maximum absolute atomic E-state index is 13.2. The monoisotopic (exact) mass is 386 g/mol. The molecule has 2 atom stereocenters. The van der Waals surface area contributed by atoms with E-state index in [1.165, 1.54) is 11.8 Å². The third kappa shape index (κ3) is 3.25. The first-order valence-electron chi connectivity index (χ1n) is 8.47. The first kappa shape index (κ1) is 17.5. The molecule has 7 heteroatoms. The fourth-order valence-corrected chi connectivity index (χ4v) is 4.49. The van der Waals surface area contributed by atoms with E-state index in [4.69, 9.17) is 16.6 Å². The number of carbonyl (C=O) groups excluding carboxylic acids is 1. The van der Waals surface area contributed by atoms with E-state index in [0.29, 0.717) is 17.5 Å². The largest absolute Gasteiger partial charge is 0.274 e. The zero-order valence-electron chi connectivity index (χ0n) is 14.3. The van der Waals surface area contributed by atoms with Crippen molar-refractivity contribution in [1.29, 1.82) is 0 Å². The van der Waals surface area contributed by atoms with Gasteiger partial charge in [-0.05, 0) is 30.2 Å². The molecule has 1 amide bonds. The van der Waals surface area contributed by atoms with Crippen molar-refractivity contribution in [3.63, 3.8) is 0 Å². The number of halogens is 1. The number of nitrogens with one attached hydrogen (secondary N) is 2. The van der Waals surface area contributed by atoms with Gasteiger partial charge in [0.2, 0.25) is 5.91 Å². The van der Waals surface area contributed by atoms with Crippen molar-refractivity contribution in [2.75, 3.05) is 11.4 Å². The predicted octanol–water partition coefficient (Wildman–Crippen LogP) is 3.33. The van der Waals surface area contributed by atoms with Gasteiger partial charge in [0.1, 0.15) is 6.17 Å². The van der Waals surface area contributed by atoms with Crippen LogP contribution in [0.25, 0.3) is 0 Å². The molecule has 2 aromatic carbocycles. The average molecular weight is 387 g/mol. The molecule has 0 bridgehead atoms. The van der Waals surface area contributed by atoms with Crippen LogP contribution in [0.15, 0.2) is 53.5 Å². The van der Waals surface area contributed by atoms with Gasteiger partial charge in [-0.3, -0.25) is 15.1 Å². The molecule has 2 aromatic rings. The summed E-state index contributed by atoms with van der Waals surface area (Å²) in [5, 5.41) is 1.42. The Morgan fingerprint density at radius 2 is 2.00 bits per heavy atom. The molecule has 0 spiro atoms. The van der Waals surface area contributed by atoms with E-state index in [2.05, 4.69) is 10.9 Å². The van der Waals surface area contributed by atoms with Gasteiger partial charge in [-0.1, -0.05) is 59.8 Å². The van der Waals surface area contributed by atoms with Crippen molar-refractivity contribution in [3.05, 3.63) is 64.7 Å². The normalized spacial score (nSPS) is 22.3. The average Bonchev–Trinajstić information content (AvgIpc) is 3.11. The predicted molar refractivity (Wildman–Crippen MR) is 107 cm³/mol. The Bertz CT molecular complexity index is 872. The van der Waals surface area contributed by atoms with Crippen LogP contribution in [0.5, 0.6) is 0 Å². The fraction of sp³-hybridized carbons (Fsp3) is 0.263. The summed E-state index contributed by atoms with van der Waals surface area (Å²) in [5.41, 5.74) is 9.10. The van der Waals surface area contributed by atoms with Gasteiger partial charge >= 0.3 is 0 Å². The number of benzene rings is 2. The van der Waals surface area contributed by atoms with Crippen molar-refractivity contribution in [2.45, 2.75) is 18.8 Å². The van der Waals surface area contributed by atoms with Crippen molar-refractivity contribution < 1.29 is 4.79 Å². The molecule has 1 saturated heterocycles. The summed E-state index contributed by atoms with van der Waals surface area (Å²) < 4.78 is 0. The zero-order valence-corrected chi connectivity index (χ0v) is 15.8. The number of aryl methyl sites for hydroxylation is 1. The second-order valence-corrected chi connectivity index (χ2v) is 7.68. The van der Waals surface area contributed by atoms with E-state index in [0.717, 1.165) is 21.8 Å². The molecule has 0 saturated carbocycles. The third-order valence-electron chi connectivity index (χ3n) is 4.60. The number of hydrogen-bond donors (Lipinski definition) is 2. The highest BCUT2D eigenvalue weighted by molar-refractivity contribution is 8.13.